The molecule has 3 aromatic heterocycles. The average Bonchev–Trinajstić information content (AvgIpc) is 3.35. The predicted molar refractivity (Wildman–Crippen MR) is 154 cm³/mol. The number of nitrogens with one attached hydrogen (secondary N) is 1. The molecule has 0 saturated heterocycles. The van der Waals surface area contributed by atoms with Gasteiger partial charge in [0.25, 0.3) is 0 Å². The van der Waals surface area contributed by atoms with E-state index in [4.69, 9.17) is 25.8 Å². The summed E-state index contributed by atoms with van der Waals surface area (Å²) in [5.41, 5.74) is 3.29. The Hall–Kier alpha value is -3.47. The Kier molecular flexibility index (Phi) is 8.98. The van der Waals surface area contributed by atoms with Crippen LogP contribution < -0.4 is 14.2 Å². The Morgan fingerprint density at radius 3 is 2.34 bits per heavy atom. The molecule has 0 bridgehead atoms. The van der Waals surface area contributed by atoms with Gasteiger partial charge in [-0.1, -0.05) is 28.3 Å². The summed E-state index contributed by atoms with van der Waals surface area (Å²) < 4.78 is 22.9. The first-order valence-corrected chi connectivity index (χ1v) is 13.7. The van der Waals surface area contributed by atoms with E-state index in [1.165, 1.54) is 0 Å². The topological polar surface area (TPSA) is 96.2 Å². The highest BCUT2D eigenvalue weighted by molar-refractivity contribution is 8.16. The zero-order valence-corrected chi connectivity index (χ0v) is 23.7. The zero-order valence-electron chi connectivity index (χ0n) is 22.2. The number of aromatic nitrogens is 5. The van der Waals surface area contributed by atoms with Crippen molar-refractivity contribution in [1.29, 1.82) is 0 Å². The van der Waals surface area contributed by atoms with Gasteiger partial charge in [0.05, 0.1) is 24.9 Å². The molecule has 1 unspecified atom stereocenters. The van der Waals surface area contributed by atoms with E-state index in [9.17, 15) is 0 Å². The third kappa shape index (κ3) is 5.67. The van der Waals surface area contributed by atoms with Crippen molar-refractivity contribution in [3.63, 3.8) is 0 Å². The summed E-state index contributed by atoms with van der Waals surface area (Å²) in [5, 5.41) is 11.8. The van der Waals surface area contributed by atoms with Gasteiger partial charge in [0.2, 0.25) is 5.95 Å². The maximum atomic E-state index is 6.06. The van der Waals surface area contributed by atoms with Gasteiger partial charge in [-0.15, -0.1) is 10.2 Å². The quantitative estimate of drug-likeness (QED) is 0.242. The first-order valence-electron chi connectivity index (χ1n) is 11.9. The fraction of sp³-hybridized carbons (Fsp3) is 0.296. The summed E-state index contributed by atoms with van der Waals surface area (Å²) in [6.45, 7) is 6.10. The lowest BCUT2D eigenvalue weighted by Crippen LogP contribution is -2.20. The van der Waals surface area contributed by atoms with Gasteiger partial charge in [-0.3, -0.25) is 14.5 Å². The first-order chi connectivity index (χ1) is 18.4. The van der Waals surface area contributed by atoms with E-state index in [1.807, 2.05) is 54.8 Å². The largest absolute Gasteiger partial charge is 0.494 e. The molecule has 0 aliphatic rings. The predicted octanol–water partition coefficient (Wildman–Crippen LogP) is 5.90. The highest BCUT2D eigenvalue weighted by Gasteiger charge is 2.27. The van der Waals surface area contributed by atoms with Gasteiger partial charge in [0.15, 0.2) is 5.82 Å². The molecular formula is C27H31ClN6O3S. The molecule has 0 fully saturated rings. The maximum absolute atomic E-state index is 6.06. The number of aryl methyl sites for hydroxylation is 1. The molecule has 1 aromatic carbocycles. The monoisotopic (exact) mass is 554 g/mol. The van der Waals surface area contributed by atoms with Gasteiger partial charge in [0.1, 0.15) is 23.3 Å². The van der Waals surface area contributed by atoms with E-state index in [2.05, 4.69) is 37.2 Å². The minimum absolute atomic E-state index is 0.00697. The van der Waals surface area contributed by atoms with Gasteiger partial charge in [-0.05, 0) is 62.0 Å². The molecule has 0 amide bonds. The van der Waals surface area contributed by atoms with Gasteiger partial charge in [-0.25, -0.2) is 0 Å². The minimum Gasteiger partial charge on any atom is -0.494 e. The molecule has 4 aromatic rings. The van der Waals surface area contributed by atoms with Crippen molar-refractivity contribution in [2.45, 2.75) is 32.1 Å². The first kappa shape index (κ1) is 27.6. The van der Waals surface area contributed by atoms with Crippen molar-refractivity contribution >= 4 is 33.6 Å². The zero-order chi connectivity index (χ0) is 27.2. The van der Waals surface area contributed by atoms with Gasteiger partial charge in [0, 0.05) is 36.5 Å². The third-order valence-corrected chi connectivity index (χ3v) is 8.21. The highest BCUT2D eigenvalue weighted by Crippen LogP contribution is 2.40. The Morgan fingerprint density at radius 2 is 1.76 bits per heavy atom. The van der Waals surface area contributed by atoms with Crippen molar-refractivity contribution in [2.75, 3.05) is 26.1 Å². The van der Waals surface area contributed by atoms with Gasteiger partial charge < -0.3 is 18.9 Å². The van der Waals surface area contributed by atoms with E-state index in [0.29, 0.717) is 34.0 Å². The summed E-state index contributed by atoms with van der Waals surface area (Å²) in [4.78, 5) is 8.86. The molecule has 0 radical (unpaired) electrons. The molecule has 0 saturated carbocycles. The van der Waals surface area contributed by atoms with E-state index >= 15 is 0 Å². The van der Waals surface area contributed by atoms with E-state index < -0.39 is 10.7 Å². The number of para-hydroxylation sites is 1. The Bertz CT molecular complexity index is 1400. The summed E-state index contributed by atoms with van der Waals surface area (Å²) in [7, 11) is 4.42. The fourth-order valence-electron chi connectivity index (χ4n) is 4.19. The third-order valence-electron chi connectivity index (χ3n) is 6.01. The van der Waals surface area contributed by atoms with Crippen LogP contribution in [0.5, 0.6) is 11.5 Å². The fourth-order valence-corrected chi connectivity index (χ4v) is 5.90. The van der Waals surface area contributed by atoms with Crippen LogP contribution in [-0.2, 0) is 4.74 Å². The van der Waals surface area contributed by atoms with Crippen LogP contribution in [0.25, 0.3) is 17.1 Å². The molecule has 0 spiro atoms. The van der Waals surface area contributed by atoms with Crippen LogP contribution in [0.1, 0.15) is 31.2 Å². The molecule has 3 heterocycles. The number of nitrogens with zero attached hydrogens (tertiary/aromatic N) is 5. The summed E-state index contributed by atoms with van der Waals surface area (Å²) in [6.07, 6.45) is 4.91. The van der Waals surface area contributed by atoms with Crippen molar-refractivity contribution < 1.29 is 14.2 Å². The van der Waals surface area contributed by atoms with Crippen LogP contribution in [0.2, 0.25) is 5.02 Å². The van der Waals surface area contributed by atoms with Crippen molar-refractivity contribution in [2.24, 2.45) is 0 Å². The summed E-state index contributed by atoms with van der Waals surface area (Å²) in [6, 6.07) is 11.3. The van der Waals surface area contributed by atoms with Crippen LogP contribution in [0.3, 0.4) is 0 Å². The minimum atomic E-state index is -0.505. The Balaban J connectivity index is 1.83. The van der Waals surface area contributed by atoms with Crippen LogP contribution in [0.4, 0.5) is 5.95 Å². The number of ether oxygens (including phenoxy) is 3. The van der Waals surface area contributed by atoms with Crippen LogP contribution in [0, 0.1) is 6.92 Å². The number of rotatable bonds is 10. The van der Waals surface area contributed by atoms with Crippen molar-refractivity contribution in [1.82, 2.24) is 24.7 Å². The standard InChI is InChI=1S/C27H31ClN6O3S/c1-7-38(18(3)25(37-6)21-12-11-20(28)16-30-21)33-27-32-31-26(19-13-17(2)14-29-15-19)34(27)24-22(35-4)9-8-10-23(24)36-5/h7-16,18,25H,1-6H3,(H,32,33)/t18-,25-,38?/m1/s1. The summed E-state index contributed by atoms with van der Waals surface area (Å²) >= 11 is 6.06. The highest BCUT2D eigenvalue weighted by atomic mass is 35.5. The van der Waals surface area contributed by atoms with Crippen LogP contribution in [0.15, 0.2) is 55.0 Å². The number of anilines is 1. The second kappa shape index (κ2) is 12.4. The molecule has 3 atom stereocenters. The maximum Gasteiger partial charge on any atom is 0.239 e. The molecule has 1 N–H and O–H groups in total. The molecule has 9 nitrogen and oxygen atoms in total. The smallest absolute Gasteiger partial charge is 0.239 e. The number of hydrogen-bond donors (Lipinski definition) is 1. The molecule has 200 valence electrons. The molecule has 0 aliphatic heterocycles. The molecule has 4 rings (SSSR count). The summed E-state index contributed by atoms with van der Waals surface area (Å²) in [5.74, 6) is 2.35. The molecule has 0 aliphatic carbocycles. The molecule has 38 heavy (non-hydrogen) atoms. The van der Waals surface area contributed by atoms with E-state index in [1.54, 1.807) is 39.9 Å². The van der Waals surface area contributed by atoms with E-state index in [0.717, 1.165) is 16.8 Å². The van der Waals surface area contributed by atoms with Gasteiger partial charge in [-0.2, -0.15) is 0 Å². The second-order valence-electron chi connectivity index (χ2n) is 8.42. The SMILES string of the molecule is C/C=S(\Nc1nnc(-c2cncc(C)c2)n1-c1c(OC)cccc1OC)[C@H](C)[C@@H](OC)c1ccc(Cl)cn1. The lowest BCUT2D eigenvalue weighted by atomic mass is 10.2. The Morgan fingerprint density at radius 1 is 1.03 bits per heavy atom. The molecule has 11 heteroatoms. The lowest BCUT2D eigenvalue weighted by molar-refractivity contribution is 0.101. The lowest BCUT2D eigenvalue weighted by Gasteiger charge is -2.26. The van der Waals surface area contributed by atoms with Gasteiger partial charge >= 0.3 is 0 Å². The van der Waals surface area contributed by atoms with Crippen LogP contribution in [-0.4, -0.2) is 56.7 Å². The van der Waals surface area contributed by atoms with Crippen molar-refractivity contribution in [3.05, 3.63) is 71.3 Å². The number of hydrogen-bond acceptors (Lipinski definition) is 8. The van der Waals surface area contributed by atoms with Crippen LogP contribution >= 0.6 is 22.3 Å². The number of halogens is 1. The average molecular weight is 555 g/mol. The normalized spacial score (nSPS) is 13.7. The number of benzene rings is 1. The van der Waals surface area contributed by atoms with Crippen molar-refractivity contribution in [3.8, 4) is 28.6 Å². The number of pyridine rings is 2. The molecular weight excluding hydrogens is 524 g/mol. The second-order valence-corrected chi connectivity index (χ2v) is 11.0. The number of methoxy groups -OCH3 is 3. The Labute approximate surface area is 230 Å². The van der Waals surface area contributed by atoms with E-state index in [-0.39, 0.29) is 11.4 Å².